The van der Waals surface area contributed by atoms with Crippen molar-refractivity contribution in [2.75, 3.05) is 11.9 Å². The SMILES string of the molecule is C=CCNC(=O)c1nc(C(=O)Nc2cccc(Br)c2)n2ccccc12. The summed E-state index contributed by atoms with van der Waals surface area (Å²) < 4.78 is 2.44. The normalized spacial score (nSPS) is 10.4. The lowest BCUT2D eigenvalue weighted by Gasteiger charge is -2.04. The maximum absolute atomic E-state index is 12.6. The monoisotopic (exact) mass is 398 g/mol. The minimum atomic E-state index is -0.401. The van der Waals surface area contributed by atoms with Crippen LogP contribution in [0, 0.1) is 0 Å². The number of pyridine rings is 1. The number of nitrogens with zero attached hydrogens (tertiary/aromatic N) is 2. The summed E-state index contributed by atoms with van der Waals surface area (Å²) in [5.41, 5.74) is 1.38. The predicted molar refractivity (Wildman–Crippen MR) is 99.8 cm³/mol. The Labute approximate surface area is 152 Å². The highest BCUT2D eigenvalue weighted by Gasteiger charge is 2.21. The number of anilines is 1. The van der Waals surface area contributed by atoms with E-state index in [1.165, 1.54) is 0 Å². The van der Waals surface area contributed by atoms with Gasteiger partial charge in [-0.1, -0.05) is 34.1 Å². The fourth-order valence-corrected chi connectivity index (χ4v) is 2.77. The Hall–Kier alpha value is -2.93. The van der Waals surface area contributed by atoms with Gasteiger partial charge in [-0.3, -0.25) is 14.0 Å². The first-order valence-corrected chi connectivity index (χ1v) is 8.32. The number of nitrogens with one attached hydrogen (secondary N) is 2. The van der Waals surface area contributed by atoms with Crippen LogP contribution in [0.2, 0.25) is 0 Å². The van der Waals surface area contributed by atoms with Gasteiger partial charge in [0.1, 0.15) is 0 Å². The van der Waals surface area contributed by atoms with Crippen LogP contribution in [0.5, 0.6) is 0 Å². The molecule has 1 aromatic carbocycles. The lowest BCUT2D eigenvalue weighted by Crippen LogP contribution is -2.24. The molecule has 3 rings (SSSR count). The second-order valence-corrected chi connectivity index (χ2v) is 6.12. The van der Waals surface area contributed by atoms with E-state index in [4.69, 9.17) is 0 Å². The maximum atomic E-state index is 12.6. The average molecular weight is 399 g/mol. The van der Waals surface area contributed by atoms with Crippen LogP contribution in [-0.2, 0) is 0 Å². The number of imidazole rings is 1. The summed E-state index contributed by atoms with van der Waals surface area (Å²) >= 11 is 3.36. The topological polar surface area (TPSA) is 75.5 Å². The van der Waals surface area contributed by atoms with Crippen LogP contribution in [0.4, 0.5) is 5.69 Å². The molecular weight excluding hydrogens is 384 g/mol. The molecule has 7 heteroatoms. The zero-order valence-electron chi connectivity index (χ0n) is 13.2. The maximum Gasteiger partial charge on any atom is 0.292 e. The van der Waals surface area contributed by atoms with E-state index in [-0.39, 0.29) is 17.4 Å². The predicted octanol–water partition coefficient (Wildman–Crippen LogP) is 3.26. The minimum Gasteiger partial charge on any atom is -0.347 e. The lowest BCUT2D eigenvalue weighted by molar-refractivity contribution is 0.0955. The van der Waals surface area contributed by atoms with E-state index in [2.05, 4.69) is 38.1 Å². The van der Waals surface area contributed by atoms with Crippen molar-refractivity contribution in [1.29, 1.82) is 0 Å². The molecule has 3 aromatic rings. The van der Waals surface area contributed by atoms with Gasteiger partial charge in [0.25, 0.3) is 11.8 Å². The van der Waals surface area contributed by atoms with Gasteiger partial charge in [0.2, 0.25) is 5.82 Å². The van der Waals surface area contributed by atoms with Crippen molar-refractivity contribution < 1.29 is 9.59 Å². The molecule has 0 atom stereocenters. The summed E-state index contributed by atoms with van der Waals surface area (Å²) in [5.74, 6) is -0.619. The van der Waals surface area contributed by atoms with Crippen LogP contribution in [0.15, 0.2) is 65.8 Å². The summed E-state index contributed by atoms with van der Waals surface area (Å²) in [6.45, 7) is 3.89. The number of fused-ring (bicyclic) bond motifs is 1. The molecule has 6 nitrogen and oxygen atoms in total. The fourth-order valence-electron chi connectivity index (χ4n) is 2.37. The van der Waals surface area contributed by atoms with Crippen LogP contribution < -0.4 is 10.6 Å². The molecule has 2 heterocycles. The number of benzene rings is 1. The molecule has 0 fully saturated rings. The van der Waals surface area contributed by atoms with Crippen molar-refractivity contribution >= 4 is 38.9 Å². The molecule has 0 spiro atoms. The lowest BCUT2D eigenvalue weighted by atomic mass is 10.3. The first kappa shape index (κ1) is 16.9. The van der Waals surface area contributed by atoms with Crippen LogP contribution >= 0.6 is 15.9 Å². The largest absolute Gasteiger partial charge is 0.347 e. The van der Waals surface area contributed by atoms with Gasteiger partial charge in [0.15, 0.2) is 5.69 Å². The van der Waals surface area contributed by atoms with Gasteiger partial charge in [-0.2, -0.15) is 0 Å². The minimum absolute atomic E-state index is 0.138. The van der Waals surface area contributed by atoms with E-state index >= 15 is 0 Å². The first-order chi connectivity index (χ1) is 12.1. The third-order valence-corrected chi connectivity index (χ3v) is 3.95. The van der Waals surface area contributed by atoms with Crippen molar-refractivity contribution in [3.63, 3.8) is 0 Å². The van der Waals surface area contributed by atoms with E-state index in [1.54, 1.807) is 47.0 Å². The Morgan fingerprint density at radius 2 is 2.04 bits per heavy atom. The van der Waals surface area contributed by atoms with Gasteiger partial charge in [0.05, 0.1) is 5.52 Å². The molecule has 126 valence electrons. The Morgan fingerprint density at radius 3 is 2.80 bits per heavy atom. The van der Waals surface area contributed by atoms with Crippen LogP contribution in [0.25, 0.3) is 5.52 Å². The van der Waals surface area contributed by atoms with E-state index in [1.807, 2.05) is 12.1 Å². The standard InChI is InChI=1S/C18H15BrN4O2/c1-2-9-20-17(24)15-14-8-3-4-10-23(14)16(22-15)18(25)21-13-7-5-6-12(19)11-13/h2-8,10-11H,1,9H2,(H,20,24)(H,21,25). The molecule has 25 heavy (non-hydrogen) atoms. The van der Waals surface area contributed by atoms with Gasteiger partial charge < -0.3 is 10.6 Å². The zero-order chi connectivity index (χ0) is 17.8. The average Bonchev–Trinajstić information content (AvgIpc) is 2.99. The van der Waals surface area contributed by atoms with Gasteiger partial charge in [-0.15, -0.1) is 6.58 Å². The molecule has 2 aromatic heterocycles. The quantitative estimate of drug-likeness (QED) is 0.647. The van der Waals surface area contributed by atoms with Crippen LogP contribution in [0.3, 0.4) is 0 Å². The molecule has 0 aliphatic heterocycles. The third-order valence-electron chi connectivity index (χ3n) is 3.46. The van der Waals surface area contributed by atoms with Gasteiger partial charge in [0, 0.05) is 22.9 Å². The molecule has 0 unspecified atom stereocenters. The number of carbonyl (C=O) groups excluding carboxylic acids is 2. The second kappa shape index (κ2) is 7.31. The van der Waals surface area contributed by atoms with Crippen molar-refractivity contribution in [3.8, 4) is 0 Å². The number of rotatable bonds is 5. The Morgan fingerprint density at radius 1 is 1.20 bits per heavy atom. The summed E-state index contributed by atoms with van der Waals surface area (Å²) in [4.78, 5) is 29.2. The van der Waals surface area contributed by atoms with E-state index in [0.29, 0.717) is 17.7 Å². The Bertz CT molecular complexity index is 965. The van der Waals surface area contributed by atoms with Crippen molar-refractivity contribution in [3.05, 3.63) is 77.3 Å². The molecule has 0 aliphatic carbocycles. The number of hydrogen-bond donors (Lipinski definition) is 2. The third kappa shape index (κ3) is 3.61. The molecule has 2 N–H and O–H groups in total. The molecule has 0 saturated heterocycles. The van der Waals surface area contributed by atoms with E-state index in [0.717, 1.165) is 4.47 Å². The summed E-state index contributed by atoms with van der Waals surface area (Å²) in [6, 6.07) is 12.5. The first-order valence-electron chi connectivity index (χ1n) is 7.53. The second-order valence-electron chi connectivity index (χ2n) is 5.20. The number of amides is 2. The summed E-state index contributed by atoms with van der Waals surface area (Å²) in [7, 11) is 0. The smallest absolute Gasteiger partial charge is 0.292 e. The van der Waals surface area contributed by atoms with Crippen LogP contribution in [-0.4, -0.2) is 27.7 Å². The fraction of sp³-hybridized carbons (Fsp3) is 0.0556. The highest BCUT2D eigenvalue weighted by atomic mass is 79.9. The molecule has 2 amide bonds. The summed E-state index contributed by atoms with van der Waals surface area (Å²) in [5, 5.41) is 5.47. The molecular formula is C18H15BrN4O2. The molecule has 0 saturated carbocycles. The molecule has 0 radical (unpaired) electrons. The number of halogens is 1. The van der Waals surface area contributed by atoms with Crippen molar-refractivity contribution in [1.82, 2.24) is 14.7 Å². The molecule has 0 bridgehead atoms. The van der Waals surface area contributed by atoms with Gasteiger partial charge in [-0.05, 0) is 30.3 Å². The number of carbonyl (C=O) groups is 2. The Balaban J connectivity index is 1.97. The highest BCUT2D eigenvalue weighted by molar-refractivity contribution is 9.10. The van der Waals surface area contributed by atoms with Gasteiger partial charge >= 0.3 is 0 Å². The number of aromatic nitrogens is 2. The van der Waals surface area contributed by atoms with Crippen LogP contribution in [0.1, 0.15) is 21.1 Å². The number of hydrogen-bond acceptors (Lipinski definition) is 3. The molecule has 0 aliphatic rings. The van der Waals surface area contributed by atoms with Crippen molar-refractivity contribution in [2.45, 2.75) is 0 Å². The Kier molecular flexibility index (Phi) is 4.95. The van der Waals surface area contributed by atoms with Gasteiger partial charge in [-0.25, -0.2) is 4.98 Å². The van der Waals surface area contributed by atoms with Crippen molar-refractivity contribution in [2.24, 2.45) is 0 Å². The van der Waals surface area contributed by atoms with E-state index < -0.39 is 5.91 Å². The highest BCUT2D eigenvalue weighted by Crippen LogP contribution is 2.18. The summed E-state index contributed by atoms with van der Waals surface area (Å²) in [6.07, 6.45) is 3.28. The zero-order valence-corrected chi connectivity index (χ0v) is 14.8. The van der Waals surface area contributed by atoms with E-state index in [9.17, 15) is 9.59 Å².